The molecular formula is C13H19N3O4. The van der Waals surface area contributed by atoms with E-state index in [1.807, 2.05) is 0 Å². The van der Waals surface area contributed by atoms with E-state index < -0.39 is 23.0 Å². The van der Waals surface area contributed by atoms with E-state index in [0.29, 0.717) is 17.0 Å². The molecule has 1 amide bonds. The van der Waals surface area contributed by atoms with Gasteiger partial charge in [-0.3, -0.25) is 14.2 Å². The molecule has 0 aliphatic heterocycles. The van der Waals surface area contributed by atoms with Gasteiger partial charge in [0.25, 0.3) is 0 Å². The number of hydrogen-bond donors (Lipinski definition) is 2. The fourth-order valence-corrected chi connectivity index (χ4v) is 1.91. The van der Waals surface area contributed by atoms with Crippen LogP contribution in [-0.4, -0.2) is 26.5 Å². The van der Waals surface area contributed by atoms with E-state index >= 15 is 0 Å². The van der Waals surface area contributed by atoms with Gasteiger partial charge in [-0.05, 0) is 27.7 Å². The number of amides is 1. The minimum atomic E-state index is -1.00. The molecule has 0 spiro atoms. The van der Waals surface area contributed by atoms with Gasteiger partial charge in [0.05, 0.1) is 11.8 Å². The zero-order chi connectivity index (χ0) is 15.7. The lowest BCUT2D eigenvalue weighted by Crippen LogP contribution is -2.40. The van der Waals surface area contributed by atoms with Gasteiger partial charge in [0, 0.05) is 23.5 Å². The Kier molecular flexibility index (Phi) is 4.32. The molecule has 0 bridgehead atoms. The van der Waals surface area contributed by atoms with Crippen LogP contribution in [0.3, 0.4) is 0 Å². The summed E-state index contributed by atoms with van der Waals surface area (Å²) in [6, 6.07) is 0. The molecule has 110 valence electrons. The lowest BCUT2D eigenvalue weighted by Gasteiger charge is -2.24. The zero-order valence-corrected chi connectivity index (χ0v) is 12.1. The van der Waals surface area contributed by atoms with Crippen LogP contribution in [0.5, 0.6) is 0 Å². The molecule has 7 heteroatoms. The van der Waals surface area contributed by atoms with E-state index in [1.54, 1.807) is 27.7 Å². The number of carbonyl (C=O) groups is 2. The van der Waals surface area contributed by atoms with Gasteiger partial charge in [-0.1, -0.05) is 0 Å². The highest BCUT2D eigenvalue weighted by molar-refractivity contribution is 5.79. The molecule has 0 saturated carbocycles. The SMILES string of the molecule is Cc1nc(=O)n(CC(C)(C)C(N)=O)c(C)c1CC(=O)O. The topological polar surface area (TPSA) is 115 Å². The van der Waals surface area contributed by atoms with E-state index in [9.17, 15) is 14.4 Å². The van der Waals surface area contributed by atoms with Crippen molar-refractivity contribution in [1.82, 2.24) is 9.55 Å². The Balaban J connectivity index is 3.37. The standard InChI is InChI=1S/C13H19N3O4/c1-7-9(5-10(17)18)8(2)16(12(20)15-7)6-13(3,4)11(14)19/h5-6H2,1-4H3,(H2,14,19)(H,17,18). The molecule has 1 aromatic heterocycles. The number of hydrogen-bond acceptors (Lipinski definition) is 4. The molecule has 0 atom stereocenters. The third kappa shape index (κ3) is 3.23. The summed E-state index contributed by atoms with van der Waals surface area (Å²) in [6.45, 7) is 6.55. The van der Waals surface area contributed by atoms with Crippen LogP contribution in [-0.2, 0) is 22.6 Å². The second-order valence-corrected chi connectivity index (χ2v) is 5.45. The molecule has 0 radical (unpaired) electrons. The number of carbonyl (C=O) groups excluding carboxylic acids is 1. The molecule has 0 saturated heterocycles. The van der Waals surface area contributed by atoms with E-state index in [1.165, 1.54) is 4.57 Å². The van der Waals surface area contributed by atoms with Gasteiger partial charge in [-0.25, -0.2) is 4.79 Å². The highest BCUT2D eigenvalue weighted by Gasteiger charge is 2.27. The van der Waals surface area contributed by atoms with Crippen molar-refractivity contribution in [2.45, 2.75) is 40.7 Å². The Morgan fingerprint density at radius 2 is 1.90 bits per heavy atom. The number of nitrogens with two attached hydrogens (primary N) is 1. The third-order valence-corrected chi connectivity index (χ3v) is 3.32. The Hall–Kier alpha value is -2.18. The number of carboxylic acids is 1. The van der Waals surface area contributed by atoms with E-state index in [2.05, 4.69) is 4.98 Å². The minimum absolute atomic E-state index is 0.0624. The summed E-state index contributed by atoms with van der Waals surface area (Å²) in [5.41, 5.74) is 5.24. The summed E-state index contributed by atoms with van der Waals surface area (Å²) in [5.74, 6) is -1.54. The summed E-state index contributed by atoms with van der Waals surface area (Å²) in [4.78, 5) is 38.0. The molecule has 3 N–H and O–H groups in total. The summed E-state index contributed by atoms with van der Waals surface area (Å²) in [5, 5.41) is 8.91. The predicted molar refractivity (Wildman–Crippen MR) is 72.3 cm³/mol. The maximum absolute atomic E-state index is 12.0. The molecule has 1 heterocycles. The minimum Gasteiger partial charge on any atom is -0.481 e. The van der Waals surface area contributed by atoms with Gasteiger partial charge in [-0.15, -0.1) is 0 Å². The maximum Gasteiger partial charge on any atom is 0.348 e. The first kappa shape index (κ1) is 15.9. The van der Waals surface area contributed by atoms with E-state index in [4.69, 9.17) is 10.8 Å². The van der Waals surface area contributed by atoms with Gasteiger partial charge >= 0.3 is 11.7 Å². The van der Waals surface area contributed by atoms with Crippen molar-refractivity contribution in [1.29, 1.82) is 0 Å². The average molecular weight is 281 g/mol. The van der Waals surface area contributed by atoms with Crippen LogP contribution >= 0.6 is 0 Å². The van der Waals surface area contributed by atoms with Gasteiger partial charge in [0.2, 0.25) is 5.91 Å². The molecule has 0 aliphatic rings. The normalized spacial score (nSPS) is 11.4. The Labute approximate surface area is 116 Å². The second kappa shape index (κ2) is 5.44. The summed E-state index contributed by atoms with van der Waals surface area (Å²) in [6.07, 6.45) is -0.220. The molecule has 7 nitrogen and oxygen atoms in total. The van der Waals surface area contributed by atoms with Crippen LogP contribution in [0.15, 0.2) is 4.79 Å². The van der Waals surface area contributed by atoms with Crippen molar-refractivity contribution in [2.75, 3.05) is 0 Å². The molecule has 0 aliphatic carbocycles. The Bertz CT molecular complexity index is 617. The molecule has 20 heavy (non-hydrogen) atoms. The maximum atomic E-state index is 12.0. The fourth-order valence-electron chi connectivity index (χ4n) is 1.91. The van der Waals surface area contributed by atoms with Crippen molar-refractivity contribution in [3.05, 3.63) is 27.4 Å². The van der Waals surface area contributed by atoms with Crippen LogP contribution in [0.1, 0.15) is 30.8 Å². The number of carboxylic acid groups (broad SMARTS) is 1. The van der Waals surface area contributed by atoms with Crippen molar-refractivity contribution in [2.24, 2.45) is 11.1 Å². The number of nitrogens with zero attached hydrogens (tertiary/aromatic N) is 2. The summed E-state index contributed by atoms with van der Waals surface area (Å²) >= 11 is 0. The van der Waals surface area contributed by atoms with Gasteiger partial charge in [0.1, 0.15) is 0 Å². The second-order valence-electron chi connectivity index (χ2n) is 5.45. The highest BCUT2D eigenvalue weighted by atomic mass is 16.4. The predicted octanol–water partition coefficient (Wildman–Crippen LogP) is -0.00126. The average Bonchev–Trinajstić information content (AvgIpc) is 2.29. The van der Waals surface area contributed by atoms with Gasteiger partial charge in [-0.2, -0.15) is 4.98 Å². The van der Waals surface area contributed by atoms with E-state index in [0.717, 1.165) is 0 Å². The monoisotopic (exact) mass is 281 g/mol. The third-order valence-electron chi connectivity index (χ3n) is 3.32. The molecule has 0 fully saturated rings. The van der Waals surface area contributed by atoms with Crippen LogP contribution in [0.25, 0.3) is 0 Å². The Morgan fingerprint density at radius 3 is 2.35 bits per heavy atom. The van der Waals surface area contributed by atoms with Crippen molar-refractivity contribution >= 4 is 11.9 Å². The number of primary amides is 1. The van der Waals surface area contributed by atoms with Crippen LogP contribution in [0.2, 0.25) is 0 Å². The molecule has 1 aromatic rings. The molecule has 0 aromatic carbocycles. The number of aryl methyl sites for hydroxylation is 1. The first-order valence-electron chi connectivity index (χ1n) is 6.15. The molecular weight excluding hydrogens is 262 g/mol. The van der Waals surface area contributed by atoms with Crippen molar-refractivity contribution < 1.29 is 14.7 Å². The van der Waals surface area contributed by atoms with Gasteiger partial charge in [0.15, 0.2) is 0 Å². The molecule has 0 unspecified atom stereocenters. The highest BCUT2D eigenvalue weighted by Crippen LogP contribution is 2.19. The quantitative estimate of drug-likeness (QED) is 0.788. The summed E-state index contributed by atoms with van der Waals surface area (Å²) in [7, 11) is 0. The lowest BCUT2D eigenvalue weighted by atomic mass is 9.92. The first-order chi connectivity index (χ1) is 9.06. The smallest absolute Gasteiger partial charge is 0.348 e. The van der Waals surface area contributed by atoms with Crippen LogP contribution in [0, 0.1) is 19.3 Å². The number of rotatable bonds is 5. The van der Waals surface area contributed by atoms with Crippen molar-refractivity contribution in [3.63, 3.8) is 0 Å². The first-order valence-corrected chi connectivity index (χ1v) is 6.15. The lowest BCUT2D eigenvalue weighted by molar-refractivity contribution is -0.136. The Morgan fingerprint density at radius 1 is 1.35 bits per heavy atom. The number of aromatic nitrogens is 2. The van der Waals surface area contributed by atoms with Crippen molar-refractivity contribution in [3.8, 4) is 0 Å². The van der Waals surface area contributed by atoms with Crippen LogP contribution in [0.4, 0.5) is 0 Å². The summed E-state index contributed by atoms with van der Waals surface area (Å²) < 4.78 is 1.30. The van der Waals surface area contributed by atoms with Crippen LogP contribution < -0.4 is 11.4 Å². The number of aliphatic carboxylic acids is 1. The zero-order valence-electron chi connectivity index (χ0n) is 12.1. The fraction of sp³-hybridized carbons (Fsp3) is 0.538. The molecule has 1 rings (SSSR count). The van der Waals surface area contributed by atoms with E-state index in [-0.39, 0.29) is 13.0 Å². The van der Waals surface area contributed by atoms with Gasteiger partial charge < -0.3 is 10.8 Å². The largest absolute Gasteiger partial charge is 0.481 e.